The van der Waals surface area contributed by atoms with Gasteiger partial charge in [-0.05, 0) is 49.1 Å². The molecule has 0 saturated carbocycles. The lowest BCUT2D eigenvalue weighted by atomic mass is 10.0. The van der Waals surface area contributed by atoms with Crippen LogP contribution in [0, 0.1) is 5.92 Å². The zero-order valence-corrected chi connectivity index (χ0v) is 15.3. The zero-order valence-electron chi connectivity index (χ0n) is 14.6. The lowest BCUT2D eigenvalue weighted by molar-refractivity contribution is -0.117. The number of halogens is 1. The zero-order chi connectivity index (χ0) is 18.4. The van der Waals surface area contributed by atoms with Gasteiger partial charge in [-0.3, -0.25) is 0 Å². The van der Waals surface area contributed by atoms with Crippen LogP contribution in [0.3, 0.4) is 0 Å². The third kappa shape index (κ3) is 6.00. The Hall–Kier alpha value is -2.17. The molecule has 0 fully saturated rings. The number of rotatable bonds is 7. The van der Waals surface area contributed by atoms with Gasteiger partial charge in [0.1, 0.15) is 11.5 Å². The van der Waals surface area contributed by atoms with E-state index in [1.165, 1.54) is 0 Å². The summed E-state index contributed by atoms with van der Waals surface area (Å²) < 4.78 is 5.68. The SMILES string of the molecule is CC(=O)C[C@@H](C)/C=C/c1ccc(Oc2ccc(C(C)O)cc2Cl)nc1. The van der Waals surface area contributed by atoms with Crippen LogP contribution in [0.25, 0.3) is 6.08 Å². The molecule has 1 aromatic carbocycles. The molecule has 25 heavy (non-hydrogen) atoms. The molecule has 5 heteroatoms. The Labute approximate surface area is 153 Å². The van der Waals surface area contributed by atoms with Gasteiger partial charge in [-0.15, -0.1) is 0 Å². The molecule has 2 atom stereocenters. The molecule has 1 heterocycles. The van der Waals surface area contributed by atoms with E-state index in [-0.39, 0.29) is 11.7 Å². The van der Waals surface area contributed by atoms with E-state index in [4.69, 9.17) is 16.3 Å². The summed E-state index contributed by atoms with van der Waals surface area (Å²) in [6, 6.07) is 8.80. The fourth-order valence-corrected chi connectivity index (χ4v) is 2.55. The van der Waals surface area contributed by atoms with Crippen molar-refractivity contribution in [2.24, 2.45) is 5.92 Å². The Balaban J connectivity index is 2.03. The van der Waals surface area contributed by atoms with Gasteiger partial charge < -0.3 is 14.6 Å². The van der Waals surface area contributed by atoms with E-state index < -0.39 is 6.10 Å². The van der Waals surface area contributed by atoms with Crippen LogP contribution in [0.15, 0.2) is 42.6 Å². The number of aliphatic hydroxyl groups is 1. The lowest BCUT2D eigenvalue weighted by Gasteiger charge is -2.10. The number of hydrogen-bond donors (Lipinski definition) is 1. The molecule has 4 nitrogen and oxygen atoms in total. The second-order valence-electron chi connectivity index (χ2n) is 6.14. The fraction of sp³-hybridized carbons (Fsp3) is 0.300. The van der Waals surface area contributed by atoms with Crippen molar-refractivity contribution in [1.82, 2.24) is 4.98 Å². The van der Waals surface area contributed by atoms with Crippen molar-refractivity contribution in [3.8, 4) is 11.6 Å². The van der Waals surface area contributed by atoms with E-state index >= 15 is 0 Å². The van der Waals surface area contributed by atoms with Gasteiger partial charge in [0.2, 0.25) is 5.88 Å². The number of carbonyl (C=O) groups is 1. The molecule has 1 unspecified atom stereocenters. The lowest BCUT2D eigenvalue weighted by Crippen LogP contribution is -1.97. The van der Waals surface area contributed by atoms with Crippen LogP contribution in [-0.4, -0.2) is 15.9 Å². The van der Waals surface area contributed by atoms with E-state index in [1.807, 2.05) is 25.1 Å². The highest BCUT2D eigenvalue weighted by molar-refractivity contribution is 6.32. The smallest absolute Gasteiger partial charge is 0.219 e. The number of ether oxygens (including phenoxy) is 1. The average molecular weight is 360 g/mol. The van der Waals surface area contributed by atoms with Crippen molar-refractivity contribution < 1.29 is 14.6 Å². The first-order valence-electron chi connectivity index (χ1n) is 8.14. The maximum Gasteiger partial charge on any atom is 0.219 e. The molecule has 1 N–H and O–H groups in total. The van der Waals surface area contributed by atoms with E-state index in [0.717, 1.165) is 11.1 Å². The second-order valence-corrected chi connectivity index (χ2v) is 6.55. The maximum atomic E-state index is 11.1. The molecule has 2 aromatic rings. The quantitative estimate of drug-likeness (QED) is 0.737. The predicted molar refractivity (Wildman–Crippen MR) is 99.9 cm³/mol. The van der Waals surface area contributed by atoms with Gasteiger partial charge in [0.05, 0.1) is 11.1 Å². The first-order valence-corrected chi connectivity index (χ1v) is 8.52. The maximum absolute atomic E-state index is 11.1. The highest BCUT2D eigenvalue weighted by Crippen LogP contribution is 2.31. The minimum absolute atomic E-state index is 0.178. The van der Waals surface area contributed by atoms with Gasteiger partial charge >= 0.3 is 0 Å². The van der Waals surface area contributed by atoms with Gasteiger partial charge in [-0.1, -0.05) is 36.7 Å². The summed E-state index contributed by atoms with van der Waals surface area (Å²) in [5.41, 5.74) is 1.66. The van der Waals surface area contributed by atoms with Crippen LogP contribution in [0.1, 0.15) is 44.4 Å². The van der Waals surface area contributed by atoms with Crippen LogP contribution in [0.4, 0.5) is 0 Å². The van der Waals surface area contributed by atoms with Gasteiger partial charge in [0, 0.05) is 18.7 Å². The van der Waals surface area contributed by atoms with Gasteiger partial charge in [-0.25, -0.2) is 4.98 Å². The minimum atomic E-state index is -0.582. The summed E-state index contributed by atoms with van der Waals surface area (Å²) in [5, 5.41) is 9.98. The molecule has 0 radical (unpaired) electrons. The Kier molecular flexibility index (Phi) is 6.73. The van der Waals surface area contributed by atoms with Gasteiger partial charge in [0.15, 0.2) is 0 Å². The van der Waals surface area contributed by atoms with Crippen molar-refractivity contribution in [1.29, 1.82) is 0 Å². The molecule has 0 saturated heterocycles. The summed E-state index contributed by atoms with van der Waals surface area (Å²) in [7, 11) is 0. The van der Waals surface area contributed by atoms with Crippen LogP contribution < -0.4 is 4.74 Å². The molecule has 0 aliphatic heterocycles. The number of aliphatic hydroxyl groups excluding tert-OH is 1. The molecule has 0 amide bonds. The second kappa shape index (κ2) is 8.79. The molecule has 2 rings (SSSR count). The Morgan fingerprint density at radius 3 is 2.64 bits per heavy atom. The summed E-state index contributed by atoms with van der Waals surface area (Å²) in [6.45, 7) is 5.27. The van der Waals surface area contributed by atoms with Gasteiger partial charge in [0.25, 0.3) is 0 Å². The van der Waals surface area contributed by atoms with Crippen LogP contribution in [0.5, 0.6) is 11.6 Å². The molecule has 132 valence electrons. The van der Waals surface area contributed by atoms with E-state index in [2.05, 4.69) is 4.98 Å². The number of pyridine rings is 1. The van der Waals surface area contributed by atoms with Crippen LogP contribution >= 0.6 is 11.6 Å². The number of nitrogens with zero attached hydrogens (tertiary/aromatic N) is 1. The molecule has 0 aliphatic carbocycles. The number of Topliss-reactive ketones (excluding diaryl/α,β-unsaturated/α-hetero) is 1. The fourth-order valence-electron chi connectivity index (χ4n) is 2.32. The predicted octanol–water partition coefficient (Wildman–Crippen LogP) is 5.21. The van der Waals surface area contributed by atoms with E-state index in [0.29, 0.717) is 23.1 Å². The standard InChI is InChI=1S/C20H22ClNO3/c1-13(10-14(2)23)4-5-16-6-9-20(22-12-16)25-19-8-7-17(15(3)24)11-18(19)21/h4-9,11-13,15,24H,10H2,1-3H3/b5-4+/t13-,15?/m0/s1. The molecule has 0 bridgehead atoms. The Morgan fingerprint density at radius 1 is 1.32 bits per heavy atom. The van der Waals surface area contributed by atoms with Crippen molar-refractivity contribution in [3.05, 3.63) is 58.8 Å². The van der Waals surface area contributed by atoms with Crippen molar-refractivity contribution >= 4 is 23.5 Å². The van der Waals surface area contributed by atoms with Crippen molar-refractivity contribution in [3.63, 3.8) is 0 Å². The van der Waals surface area contributed by atoms with Gasteiger partial charge in [-0.2, -0.15) is 0 Å². The summed E-state index contributed by atoms with van der Waals surface area (Å²) >= 11 is 6.18. The number of ketones is 1. The first kappa shape index (κ1) is 19.2. The summed E-state index contributed by atoms with van der Waals surface area (Å²) in [4.78, 5) is 15.3. The number of carbonyl (C=O) groups excluding carboxylic acids is 1. The topological polar surface area (TPSA) is 59.4 Å². The number of benzene rings is 1. The van der Waals surface area contributed by atoms with E-state index in [1.54, 1.807) is 44.3 Å². The van der Waals surface area contributed by atoms with Crippen molar-refractivity contribution in [2.45, 2.75) is 33.3 Å². The molecule has 1 aromatic heterocycles. The third-order valence-electron chi connectivity index (χ3n) is 3.64. The number of allylic oxidation sites excluding steroid dienone is 1. The summed E-state index contributed by atoms with van der Waals surface area (Å²) in [5.74, 6) is 1.29. The third-order valence-corrected chi connectivity index (χ3v) is 3.93. The van der Waals surface area contributed by atoms with Crippen LogP contribution in [-0.2, 0) is 4.79 Å². The highest BCUT2D eigenvalue weighted by Gasteiger charge is 2.08. The molecular formula is C20H22ClNO3. The van der Waals surface area contributed by atoms with Crippen molar-refractivity contribution in [2.75, 3.05) is 0 Å². The monoisotopic (exact) mass is 359 g/mol. The average Bonchev–Trinajstić information content (AvgIpc) is 2.55. The number of aromatic nitrogens is 1. The highest BCUT2D eigenvalue weighted by atomic mass is 35.5. The first-order chi connectivity index (χ1) is 11.8. The minimum Gasteiger partial charge on any atom is -0.437 e. The largest absolute Gasteiger partial charge is 0.437 e. The Morgan fingerprint density at radius 2 is 2.08 bits per heavy atom. The molecule has 0 spiro atoms. The number of hydrogen-bond acceptors (Lipinski definition) is 4. The molecule has 0 aliphatic rings. The Bertz CT molecular complexity index is 754. The van der Waals surface area contributed by atoms with E-state index in [9.17, 15) is 9.90 Å². The normalized spacial score (nSPS) is 13.6. The summed E-state index contributed by atoms with van der Waals surface area (Å²) in [6.07, 6.45) is 5.58. The molecular weight excluding hydrogens is 338 g/mol. The van der Waals surface area contributed by atoms with Crippen LogP contribution in [0.2, 0.25) is 5.02 Å².